The molecule has 0 aliphatic rings. The van der Waals surface area contributed by atoms with Gasteiger partial charge in [0.05, 0.1) is 16.9 Å². The summed E-state index contributed by atoms with van der Waals surface area (Å²) < 4.78 is 1.78. The van der Waals surface area contributed by atoms with Crippen LogP contribution in [0.4, 0.5) is 0 Å². The molecule has 0 bridgehead atoms. The van der Waals surface area contributed by atoms with Gasteiger partial charge in [-0.1, -0.05) is 32.9 Å². The highest BCUT2D eigenvalue weighted by molar-refractivity contribution is 5.77. The van der Waals surface area contributed by atoms with E-state index in [1.165, 1.54) is 0 Å². The van der Waals surface area contributed by atoms with Gasteiger partial charge < -0.3 is 5.32 Å². The predicted molar refractivity (Wildman–Crippen MR) is 83.0 cm³/mol. The van der Waals surface area contributed by atoms with Crippen molar-refractivity contribution in [3.8, 4) is 0 Å². The Kier molecular flexibility index (Phi) is 4.55. The van der Waals surface area contributed by atoms with Gasteiger partial charge in [0.1, 0.15) is 5.82 Å². The number of hydrogen-bond acceptors (Lipinski definition) is 3. The SMILES string of the molecule is CC[C@@H](NC(C)C)c1nc2ccccc2c(=O)n1CC. The summed E-state index contributed by atoms with van der Waals surface area (Å²) >= 11 is 0. The number of para-hydroxylation sites is 1. The zero-order valence-electron chi connectivity index (χ0n) is 12.7. The molecule has 4 nitrogen and oxygen atoms in total. The van der Waals surface area contributed by atoms with Crippen molar-refractivity contribution in [3.05, 3.63) is 40.4 Å². The summed E-state index contributed by atoms with van der Waals surface area (Å²) in [6, 6.07) is 8.01. The highest BCUT2D eigenvalue weighted by Crippen LogP contribution is 2.17. The van der Waals surface area contributed by atoms with E-state index in [1.807, 2.05) is 31.2 Å². The van der Waals surface area contributed by atoms with Crippen molar-refractivity contribution in [1.82, 2.24) is 14.9 Å². The first-order chi connectivity index (χ1) is 9.58. The van der Waals surface area contributed by atoms with Crippen molar-refractivity contribution in [2.24, 2.45) is 0 Å². The van der Waals surface area contributed by atoms with E-state index in [0.717, 1.165) is 17.8 Å². The van der Waals surface area contributed by atoms with Crippen LogP contribution in [-0.4, -0.2) is 15.6 Å². The number of fused-ring (bicyclic) bond motifs is 1. The van der Waals surface area contributed by atoms with Crippen molar-refractivity contribution < 1.29 is 0 Å². The number of nitrogens with one attached hydrogen (secondary N) is 1. The Hall–Kier alpha value is -1.68. The van der Waals surface area contributed by atoms with E-state index < -0.39 is 0 Å². The maximum absolute atomic E-state index is 12.6. The zero-order valence-corrected chi connectivity index (χ0v) is 12.7. The molecule has 0 amide bonds. The van der Waals surface area contributed by atoms with Crippen LogP contribution in [0.25, 0.3) is 10.9 Å². The first-order valence-corrected chi connectivity index (χ1v) is 7.34. The summed E-state index contributed by atoms with van der Waals surface area (Å²) in [5.74, 6) is 0.840. The van der Waals surface area contributed by atoms with E-state index in [2.05, 4.69) is 26.1 Å². The van der Waals surface area contributed by atoms with Crippen LogP contribution >= 0.6 is 0 Å². The summed E-state index contributed by atoms with van der Waals surface area (Å²) in [4.78, 5) is 17.3. The third-order valence-electron chi connectivity index (χ3n) is 3.46. The van der Waals surface area contributed by atoms with Crippen molar-refractivity contribution in [3.63, 3.8) is 0 Å². The number of benzene rings is 1. The Balaban J connectivity index is 2.65. The molecule has 20 heavy (non-hydrogen) atoms. The zero-order chi connectivity index (χ0) is 14.7. The molecule has 4 heteroatoms. The van der Waals surface area contributed by atoms with Crippen LogP contribution in [-0.2, 0) is 6.54 Å². The molecule has 0 fully saturated rings. The van der Waals surface area contributed by atoms with Gasteiger partial charge in [0, 0.05) is 12.6 Å². The summed E-state index contributed by atoms with van der Waals surface area (Å²) in [6.45, 7) is 8.96. The number of hydrogen-bond donors (Lipinski definition) is 1. The number of rotatable bonds is 5. The van der Waals surface area contributed by atoms with Crippen LogP contribution in [0.1, 0.15) is 46.0 Å². The lowest BCUT2D eigenvalue weighted by atomic mass is 10.1. The Labute approximate surface area is 119 Å². The highest BCUT2D eigenvalue weighted by atomic mass is 16.1. The highest BCUT2D eigenvalue weighted by Gasteiger charge is 2.18. The van der Waals surface area contributed by atoms with Gasteiger partial charge in [-0.05, 0) is 25.5 Å². The van der Waals surface area contributed by atoms with Crippen LogP contribution in [0.2, 0.25) is 0 Å². The minimum Gasteiger partial charge on any atom is -0.305 e. The molecule has 1 aromatic carbocycles. The Morgan fingerprint density at radius 1 is 1.25 bits per heavy atom. The lowest BCUT2D eigenvalue weighted by Crippen LogP contribution is -2.34. The van der Waals surface area contributed by atoms with Gasteiger partial charge in [0.15, 0.2) is 0 Å². The molecule has 0 unspecified atom stereocenters. The van der Waals surface area contributed by atoms with Gasteiger partial charge in [0.2, 0.25) is 0 Å². The molecule has 1 N–H and O–H groups in total. The molecule has 1 heterocycles. The monoisotopic (exact) mass is 273 g/mol. The number of nitrogens with zero attached hydrogens (tertiary/aromatic N) is 2. The fourth-order valence-electron chi connectivity index (χ4n) is 2.53. The van der Waals surface area contributed by atoms with E-state index >= 15 is 0 Å². The smallest absolute Gasteiger partial charge is 0.261 e. The van der Waals surface area contributed by atoms with Gasteiger partial charge >= 0.3 is 0 Å². The van der Waals surface area contributed by atoms with Gasteiger partial charge in [-0.25, -0.2) is 4.98 Å². The molecule has 108 valence electrons. The lowest BCUT2D eigenvalue weighted by molar-refractivity contribution is 0.426. The quantitative estimate of drug-likeness (QED) is 0.911. The molecule has 0 saturated heterocycles. The largest absolute Gasteiger partial charge is 0.305 e. The maximum atomic E-state index is 12.6. The average Bonchev–Trinajstić information content (AvgIpc) is 2.44. The second-order valence-corrected chi connectivity index (χ2v) is 5.32. The molecule has 0 aliphatic carbocycles. The average molecular weight is 273 g/mol. The van der Waals surface area contributed by atoms with Crippen molar-refractivity contribution in [2.45, 2.75) is 52.7 Å². The van der Waals surface area contributed by atoms with Crippen LogP contribution in [0.5, 0.6) is 0 Å². The van der Waals surface area contributed by atoms with Gasteiger partial charge in [0.25, 0.3) is 5.56 Å². The molecule has 2 rings (SSSR count). The van der Waals surface area contributed by atoms with Crippen molar-refractivity contribution >= 4 is 10.9 Å². The molecule has 2 aromatic rings. The predicted octanol–water partition coefficient (Wildman–Crippen LogP) is 2.87. The topological polar surface area (TPSA) is 46.9 Å². The number of aromatic nitrogens is 2. The summed E-state index contributed by atoms with van der Waals surface area (Å²) in [6.07, 6.45) is 0.906. The van der Waals surface area contributed by atoms with Crippen LogP contribution in [0.15, 0.2) is 29.1 Å². The molecular formula is C16H23N3O. The second kappa shape index (κ2) is 6.18. The molecular weight excluding hydrogens is 250 g/mol. The van der Waals surface area contributed by atoms with E-state index in [9.17, 15) is 4.79 Å². The first kappa shape index (κ1) is 14.7. The molecule has 1 atom stereocenters. The normalized spacial score (nSPS) is 13.1. The van der Waals surface area contributed by atoms with Crippen molar-refractivity contribution in [2.75, 3.05) is 0 Å². The molecule has 0 aliphatic heterocycles. The van der Waals surface area contributed by atoms with E-state index in [1.54, 1.807) is 4.57 Å². The summed E-state index contributed by atoms with van der Waals surface area (Å²) in [7, 11) is 0. The summed E-state index contributed by atoms with van der Waals surface area (Å²) in [5, 5.41) is 4.18. The van der Waals surface area contributed by atoms with E-state index in [0.29, 0.717) is 18.0 Å². The van der Waals surface area contributed by atoms with Crippen LogP contribution in [0.3, 0.4) is 0 Å². The maximum Gasteiger partial charge on any atom is 0.261 e. The minimum absolute atomic E-state index is 0.0529. The molecule has 1 aromatic heterocycles. The fourth-order valence-corrected chi connectivity index (χ4v) is 2.53. The van der Waals surface area contributed by atoms with Gasteiger partial charge in [-0.15, -0.1) is 0 Å². The third-order valence-corrected chi connectivity index (χ3v) is 3.46. The molecule has 0 spiro atoms. The van der Waals surface area contributed by atoms with E-state index in [4.69, 9.17) is 4.98 Å². The standard InChI is InChI=1S/C16H23N3O/c1-5-13(17-11(3)4)15-18-14-10-8-7-9-12(14)16(20)19(15)6-2/h7-11,13,17H,5-6H2,1-4H3/t13-/m1/s1. The first-order valence-electron chi connectivity index (χ1n) is 7.34. The van der Waals surface area contributed by atoms with E-state index in [-0.39, 0.29) is 11.6 Å². The molecule has 0 saturated carbocycles. The molecule has 0 radical (unpaired) electrons. The van der Waals surface area contributed by atoms with Crippen LogP contribution < -0.4 is 10.9 Å². The lowest BCUT2D eigenvalue weighted by Gasteiger charge is -2.22. The third kappa shape index (κ3) is 2.75. The minimum atomic E-state index is 0.0529. The second-order valence-electron chi connectivity index (χ2n) is 5.32. The Bertz CT molecular complexity index is 646. The van der Waals surface area contributed by atoms with Gasteiger partial charge in [-0.3, -0.25) is 9.36 Å². The van der Waals surface area contributed by atoms with Crippen LogP contribution in [0, 0.1) is 0 Å². The summed E-state index contributed by atoms with van der Waals surface area (Å²) in [5.41, 5.74) is 0.832. The Morgan fingerprint density at radius 2 is 1.95 bits per heavy atom. The fraction of sp³-hybridized carbons (Fsp3) is 0.500. The Morgan fingerprint density at radius 3 is 2.55 bits per heavy atom. The van der Waals surface area contributed by atoms with Crippen molar-refractivity contribution in [1.29, 1.82) is 0 Å². The van der Waals surface area contributed by atoms with Gasteiger partial charge in [-0.2, -0.15) is 0 Å².